The molecule has 1 aliphatic rings. The van der Waals surface area contributed by atoms with Gasteiger partial charge in [0.25, 0.3) is 0 Å². The second-order valence-electron chi connectivity index (χ2n) is 5.12. The molecule has 0 bridgehead atoms. The van der Waals surface area contributed by atoms with Crippen LogP contribution in [0.15, 0.2) is 0 Å². The van der Waals surface area contributed by atoms with Crippen LogP contribution in [0.5, 0.6) is 0 Å². The van der Waals surface area contributed by atoms with Gasteiger partial charge in [-0.25, -0.2) is 4.79 Å². The van der Waals surface area contributed by atoms with Crippen molar-refractivity contribution in [3.63, 3.8) is 0 Å². The first-order valence-electron chi connectivity index (χ1n) is 6.94. The molecule has 0 heterocycles. The van der Waals surface area contributed by atoms with Crippen LogP contribution in [0.3, 0.4) is 0 Å². The Labute approximate surface area is 113 Å². The van der Waals surface area contributed by atoms with Crippen LogP contribution in [0.1, 0.15) is 39.0 Å². The summed E-state index contributed by atoms with van der Waals surface area (Å²) in [7, 11) is 0. The summed E-state index contributed by atoms with van der Waals surface area (Å²) in [5, 5.41) is 20.4. The molecule has 1 rings (SSSR count). The second kappa shape index (κ2) is 7.99. The third kappa shape index (κ3) is 5.06. The van der Waals surface area contributed by atoms with Crippen molar-refractivity contribution >= 4 is 12.0 Å². The van der Waals surface area contributed by atoms with Crippen molar-refractivity contribution in [2.75, 3.05) is 19.7 Å². The van der Waals surface area contributed by atoms with Crippen molar-refractivity contribution in [3.05, 3.63) is 0 Å². The third-order valence-electron chi connectivity index (χ3n) is 3.61. The lowest BCUT2D eigenvalue weighted by Crippen LogP contribution is -2.49. The number of carbonyl (C=O) groups excluding carboxylic acids is 1. The monoisotopic (exact) mass is 272 g/mol. The maximum absolute atomic E-state index is 12.0. The summed E-state index contributed by atoms with van der Waals surface area (Å²) in [4.78, 5) is 24.5. The lowest BCUT2D eigenvalue weighted by molar-refractivity contribution is -0.141. The molecule has 1 aliphatic carbocycles. The molecular weight excluding hydrogens is 248 g/mol. The molecule has 1 unspecified atom stereocenters. The summed E-state index contributed by atoms with van der Waals surface area (Å²) >= 11 is 0. The predicted octanol–water partition coefficient (Wildman–Crippen LogP) is 1.04. The number of aliphatic carboxylic acids is 1. The Hall–Kier alpha value is -1.30. The summed E-state index contributed by atoms with van der Waals surface area (Å²) in [5.74, 6) is -1.29. The zero-order chi connectivity index (χ0) is 14.3. The minimum atomic E-state index is -0.842. The number of carbonyl (C=O) groups is 2. The number of amides is 2. The van der Waals surface area contributed by atoms with E-state index in [1.54, 1.807) is 11.8 Å². The van der Waals surface area contributed by atoms with Gasteiger partial charge in [0.05, 0.1) is 5.92 Å². The third-order valence-corrected chi connectivity index (χ3v) is 3.61. The van der Waals surface area contributed by atoms with Crippen molar-refractivity contribution < 1.29 is 19.8 Å². The first-order chi connectivity index (χ1) is 9.06. The van der Waals surface area contributed by atoms with Gasteiger partial charge in [0.2, 0.25) is 0 Å². The first kappa shape index (κ1) is 15.8. The SMILES string of the molecule is CC(CCNC(=O)N(CCCO)C1CCC1)C(=O)O. The average molecular weight is 272 g/mol. The van der Waals surface area contributed by atoms with Crippen LogP contribution in [0.4, 0.5) is 4.79 Å². The number of nitrogens with one attached hydrogen (secondary N) is 1. The van der Waals surface area contributed by atoms with Crippen molar-refractivity contribution in [1.82, 2.24) is 10.2 Å². The Bertz CT molecular complexity index is 305. The lowest BCUT2D eigenvalue weighted by Gasteiger charge is -2.37. The maximum atomic E-state index is 12.0. The molecule has 0 radical (unpaired) electrons. The summed E-state index contributed by atoms with van der Waals surface area (Å²) < 4.78 is 0. The maximum Gasteiger partial charge on any atom is 0.317 e. The predicted molar refractivity (Wildman–Crippen MR) is 70.9 cm³/mol. The Morgan fingerprint density at radius 2 is 2.11 bits per heavy atom. The largest absolute Gasteiger partial charge is 0.481 e. The minimum absolute atomic E-state index is 0.0759. The topological polar surface area (TPSA) is 89.9 Å². The molecule has 0 aliphatic heterocycles. The molecule has 110 valence electrons. The number of carboxylic acid groups (broad SMARTS) is 1. The van der Waals surface area contributed by atoms with Crippen molar-refractivity contribution in [2.45, 2.75) is 45.1 Å². The Morgan fingerprint density at radius 1 is 1.42 bits per heavy atom. The van der Waals surface area contributed by atoms with Crippen molar-refractivity contribution in [3.8, 4) is 0 Å². The molecule has 6 heteroatoms. The molecule has 1 atom stereocenters. The van der Waals surface area contributed by atoms with Crippen molar-refractivity contribution in [2.24, 2.45) is 5.92 Å². The van der Waals surface area contributed by atoms with E-state index in [1.807, 2.05) is 0 Å². The van der Waals surface area contributed by atoms with Crippen LogP contribution in [0.25, 0.3) is 0 Å². The fourth-order valence-corrected chi connectivity index (χ4v) is 2.01. The zero-order valence-electron chi connectivity index (χ0n) is 11.5. The lowest BCUT2D eigenvalue weighted by atomic mass is 9.91. The van der Waals surface area contributed by atoms with Crippen molar-refractivity contribution in [1.29, 1.82) is 0 Å². The van der Waals surface area contributed by atoms with Gasteiger partial charge in [0.1, 0.15) is 0 Å². The van der Waals surface area contributed by atoms with E-state index in [4.69, 9.17) is 10.2 Å². The minimum Gasteiger partial charge on any atom is -0.481 e. The van der Waals surface area contributed by atoms with Crippen LogP contribution in [-0.2, 0) is 4.79 Å². The fraction of sp³-hybridized carbons (Fsp3) is 0.846. The Balaban J connectivity index is 2.32. The summed E-state index contributed by atoms with van der Waals surface area (Å²) in [5.41, 5.74) is 0. The van der Waals surface area contributed by atoms with E-state index in [9.17, 15) is 9.59 Å². The molecule has 6 nitrogen and oxygen atoms in total. The summed E-state index contributed by atoms with van der Waals surface area (Å²) in [6, 6.07) is 0.138. The highest BCUT2D eigenvalue weighted by Crippen LogP contribution is 2.24. The molecule has 0 aromatic rings. The number of aliphatic hydroxyl groups is 1. The Morgan fingerprint density at radius 3 is 2.58 bits per heavy atom. The second-order valence-corrected chi connectivity index (χ2v) is 5.12. The quantitative estimate of drug-likeness (QED) is 0.616. The molecule has 0 saturated heterocycles. The van der Waals surface area contributed by atoms with E-state index < -0.39 is 11.9 Å². The highest BCUT2D eigenvalue weighted by atomic mass is 16.4. The van der Waals surface area contributed by atoms with E-state index in [0.29, 0.717) is 25.9 Å². The van der Waals surface area contributed by atoms with Gasteiger partial charge in [-0.3, -0.25) is 4.79 Å². The van der Waals surface area contributed by atoms with E-state index >= 15 is 0 Å². The zero-order valence-corrected chi connectivity index (χ0v) is 11.5. The van der Waals surface area contributed by atoms with Gasteiger partial charge in [-0.2, -0.15) is 0 Å². The van der Waals surface area contributed by atoms with Crippen LogP contribution >= 0.6 is 0 Å². The average Bonchev–Trinajstić information content (AvgIpc) is 2.31. The number of nitrogens with zero attached hydrogens (tertiary/aromatic N) is 1. The molecule has 2 amide bonds. The number of aliphatic hydroxyl groups excluding tert-OH is 1. The van der Waals surface area contributed by atoms with Gasteiger partial charge in [-0.15, -0.1) is 0 Å². The fourth-order valence-electron chi connectivity index (χ4n) is 2.01. The van der Waals surface area contributed by atoms with E-state index in [0.717, 1.165) is 19.3 Å². The highest BCUT2D eigenvalue weighted by molar-refractivity contribution is 5.75. The van der Waals surface area contributed by atoms with Gasteiger partial charge < -0.3 is 20.4 Å². The van der Waals surface area contributed by atoms with E-state index in [2.05, 4.69) is 5.32 Å². The van der Waals surface area contributed by atoms with Gasteiger partial charge >= 0.3 is 12.0 Å². The van der Waals surface area contributed by atoms with Gasteiger partial charge in [-0.1, -0.05) is 6.92 Å². The molecule has 19 heavy (non-hydrogen) atoms. The van der Waals surface area contributed by atoms with E-state index in [-0.39, 0.29) is 18.7 Å². The molecular formula is C13H24N2O4. The van der Waals surface area contributed by atoms with Crippen LogP contribution < -0.4 is 5.32 Å². The molecule has 1 fully saturated rings. The van der Waals surface area contributed by atoms with Crippen LogP contribution in [0.2, 0.25) is 0 Å². The molecule has 3 N–H and O–H groups in total. The molecule has 0 aromatic carbocycles. The number of rotatable bonds is 8. The van der Waals surface area contributed by atoms with E-state index in [1.165, 1.54) is 0 Å². The van der Waals surface area contributed by atoms with Crippen LogP contribution in [-0.4, -0.2) is 52.9 Å². The normalized spacial score (nSPS) is 16.5. The van der Waals surface area contributed by atoms with Crippen LogP contribution in [0, 0.1) is 5.92 Å². The highest BCUT2D eigenvalue weighted by Gasteiger charge is 2.28. The van der Waals surface area contributed by atoms with Gasteiger partial charge in [0.15, 0.2) is 0 Å². The van der Waals surface area contributed by atoms with Gasteiger partial charge in [0, 0.05) is 25.7 Å². The number of urea groups is 1. The smallest absolute Gasteiger partial charge is 0.317 e. The first-order valence-corrected chi connectivity index (χ1v) is 6.94. The standard InChI is InChI=1S/C13H24N2O4/c1-10(12(17)18)6-7-14-13(19)15(8-3-9-16)11-4-2-5-11/h10-11,16H,2-9H2,1H3,(H,14,19)(H,17,18). The number of carboxylic acids is 1. The summed E-state index contributed by atoms with van der Waals surface area (Å²) in [6.45, 7) is 2.63. The number of hydrogen-bond acceptors (Lipinski definition) is 3. The summed E-state index contributed by atoms with van der Waals surface area (Å²) in [6.07, 6.45) is 4.19. The number of hydrogen-bond donors (Lipinski definition) is 3. The molecule has 0 aromatic heterocycles. The van der Waals surface area contributed by atoms with Gasteiger partial charge in [-0.05, 0) is 32.1 Å². The Kier molecular flexibility index (Phi) is 6.62. The molecule has 0 spiro atoms. The molecule has 1 saturated carbocycles.